The van der Waals surface area contributed by atoms with E-state index in [1.807, 2.05) is 7.11 Å². The first-order chi connectivity index (χ1) is 11.3. The molecule has 0 amide bonds. The maximum Gasteiger partial charge on any atom is 0.163 e. The van der Waals surface area contributed by atoms with Crippen molar-refractivity contribution in [1.29, 1.82) is 0 Å². The van der Waals surface area contributed by atoms with Gasteiger partial charge in [-0.1, -0.05) is 32.4 Å². The minimum atomic E-state index is 0.0116. The van der Waals surface area contributed by atoms with Gasteiger partial charge in [0.1, 0.15) is 5.76 Å². The molecule has 3 aliphatic carbocycles. The molecule has 0 unspecified atom stereocenters. The number of ether oxygens (including phenoxy) is 2. The largest absolute Gasteiger partial charge is 0.500 e. The van der Waals surface area contributed by atoms with Crippen molar-refractivity contribution in [3.63, 3.8) is 0 Å². The van der Waals surface area contributed by atoms with Gasteiger partial charge in [-0.2, -0.15) is 0 Å². The second-order valence-electron chi connectivity index (χ2n) is 8.80. The number of methoxy groups -OCH3 is 2. The first-order valence-corrected chi connectivity index (χ1v) is 9.29. The monoisotopic (exact) mass is 332 g/mol. The Hall–Kier alpha value is -1.09. The second kappa shape index (κ2) is 6.33. The van der Waals surface area contributed by atoms with Crippen LogP contribution in [-0.4, -0.2) is 26.1 Å². The summed E-state index contributed by atoms with van der Waals surface area (Å²) in [6, 6.07) is 0. The number of fused-ring (bicyclic) bond motifs is 2. The van der Waals surface area contributed by atoms with Crippen LogP contribution >= 0.6 is 0 Å². The lowest BCUT2D eigenvalue weighted by atomic mass is 9.77. The number of hydrogen-bond acceptors (Lipinski definition) is 3. The van der Waals surface area contributed by atoms with E-state index in [0.717, 1.165) is 30.6 Å². The zero-order valence-corrected chi connectivity index (χ0v) is 16.0. The quantitative estimate of drug-likeness (QED) is 0.697. The summed E-state index contributed by atoms with van der Waals surface area (Å²) in [5, 5.41) is 0. The lowest BCUT2D eigenvalue weighted by Crippen LogP contribution is -2.26. The molecular formula is C21H32O3. The van der Waals surface area contributed by atoms with Crippen LogP contribution in [0.15, 0.2) is 23.0 Å². The van der Waals surface area contributed by atoms with E-state index in [9.17, 15) is 4.79 Å². The number of carbonyl (C=O) groups is 1. The molecule has 24 heavy (non-hydrogen) atoms. The van der Waals surface area contributed by atoms with Crippen molar-refractivity contribution >= 4 is 5.78 Å². The van der Waals surface area contributed by atoms with Crippen LogP contribution in [0.4, 0.5) is 0 Å². The molecule has 0 spiro atoms. The highest BCUT2D eigenvalue weighted by atomic mass is 16.5. The summed E-state index contributed by atoms with van der Waals surface area (Å²) in [4.78, 5) is 12.9. The molecule has 3 rings (SSSR count). The van der Waals surface area contributed by atoms with E-state index < -0.39 is 0 Å². The number of allylic oxidation sites excluding steroid dienone is 4. The predicted molar refractivity (Wildman–Crippen MR) is 95.5 cm³/mol. The zero-order chi connectivity index (χ0) is 17.6. The highest BCUT2D eigenvalue weighted by Crippen LogP contribution is 2.53. The van der Waals surface area contributed by atoms with Crippen molar-refractivity contribution in [2.24, 2.45) is 29.1 Å². The van der Waals surface area contributed by atoms with Crippen molar-refractivity contribution in [1.82, 2.24) is 0 Å². The fraction of sp³-hybridized carbons (Fsp3) is 0.762. The summed E-state index contributed by atoms with van der Waals surface area (Å²) in [5.74, 6) is 2.72. The molecule has 0 radical (unpaired) electrons. The van der Waals surface area contributed by atoms with Crippen molar-refractivity contribution in [3.05, 3.63) is 23.0 Å². The summed E-state index contributed by atoms with van der Waals surface area (Å²) < 4.78 is 11.8. The molecule has 0 bridgehead atoms. The third kappa shape index (κ3) is 2.75. The van der Waals surface area contributed by atoms with Crippen molar-refractivity contribution in [2.75, 3.05) is 14.2 Å². The van der Waals surface area contributed by atoms with Crippen LogP contribution in [0.1, 0.15) is 53.4 Å². The molecule has 0 aromatic rings. The summed E-state index contributed by atoms with van der Waals surface area (Å²) in [6.07, 6.45) is 6.26. The van der Waals surface area contributed by atoms with Gasteiger partial charge in [0, 0.05) is 25.0 Å². The zero-order valence-electron chi connectivity index (χ0n) is 16.0. The number of hydrogen-bond donors (Lipinski definition) is 0. The van der Waals surface area contributed by atoms with Crippen LogP contribution in [0.25, 0.3) is 0 Å². The van der Waals surface area contributed by atoms with Gasteiger partial charge in [-0.15, -0.1) is 0 Å². The molecule has 0 aliphatic heterocycles. The van der Waals surface area contributed by atoms with Crippen molar-refractivity contribution in [3.8, 4) is 0 Å². The van der Waals surface area contributed by atoms with Crippen molar-refractivity contribution in [2.45, 2.75) is 59.5 Å². The van der Waals surface area contributed by atoms with Crippen LogP contribution in [0.3, 0.4) is 0 Å². The third-order valence-corrected chi connectivity index (χ3v) is 6.69. The predicted octanol–water partition coefficient (Wildman–Crippen LogP) is 4.53. The molecule has 134 valence electrons. The number of ketones is 1. The first-order valence-electron chi connectivity index (χ1n) is 9.29. The Labute approximate surface area is 146 Å². The molecule has 3 aliphatic rings. The molecule has 0 aromatic carbocycles. The van der Waals surface area contributed by atoms with Crippen LogP contribution in [0, 0.1) is 29.1 Å². The molecule has 0 heterocycles. The Bertz CT molecular complexity index is 584. The van der Waals surface area contributed by atoms with E-state index in [1.54, 1.807) is 7.11 Å². The minimum Gasteiger partial charge on any atom is -0.500 e. The van der Waals surface area contributed by atoms with Gasteiger partial charge in [-0.3, -0.25) is 4.79 Å². The highest BCUT2D eigenvalue weighted by molar-refractivity contribution is 5.99. The topological polar surface area (TPSA) is 35.5 Å². The lowest BCUT2D eigenvalue weighted by molar-refractivity contribution is -0.115. The van der Waals surface area contributed by atoms with Crippen LogP contribution in [-0.2, 0) is 14.3 Å². The maximum atomic E-state index is 12.9. The van der Waals surface area contributed by atoms with E-state index in [-0.39, 0.29) is 17.4 Å². The van der Waals surface area contributed by atoms with Gasteiger partial charge < -0.3 is 9.47 Å². The molecule has 5 atom stereocenters. The Morgan fingerprint density at radius 1 is 1.25 bits per heavy atom. The summed E-state index contributed by atoms with van der Waals surface area (Å²) >= 11 is 0. The minimum absolute atomic E-state index is 0.0116. The van der Waals surface area contributed by atoms with E-state index in [2.05, 4.69) is 33.8 Å². The standard InChI is InChI=1S/C21H32O3/c1-12-7-8-16-18(17(22)11-21(16,3)4)20(24-6)15-10-13(2)19(23-5)14(15)9-12/h7,13-16,19H,8-11H2,1-6H3/b12-7+,20-18-/t13-,14+,15+,16-,19+/m1/s1. The number of Topliss-reactive ketones (excluding diaryl/α,β-unsaturated/α-hetero) is 1. The van der Waals surface area contributed by atoms with Gasteiger partial charge in [0.15, 0.2) is 5.78 Å². The van der Waals surface area contributed by atoms with Crippen LogP contribution in [0.2, 0.25) is 0 Å². The Kier molecular flexibility index (Phi) is 4.67. The smallest absolute Gasteiger partial charge is 0.163 e. The first kappa shape index (κ1) is 17.7. The number of carbonyl (C=O) groups excluding carboxylic acids is 1. The van der Waals surface area contributed by atoms with Gasteiger partial charge in [-0.25, -0.2) is 0 Å². The fourth-order valence-electron chi connectivity index (χ4n) is 5.53. The second-order valence-corrected chi connectivity index (χ2v) is 8.80. The van der Waals surface area contributed by atoms with Crippen LogP contribution in [0.5, 0.6) is 0 Å². The molecular weight excluding hydrogens is 300 g/mol. The lowest BCUT2D eigenvalue weighted by Gasteiger charge is -2.28. The summed E-state index contributed by atoms with van der Waals surface area (Å²) in [7, 11) is 3.57. The Balaban J connectivity index is 2.14. The van der Waals surface area contributed by atoms with Gasteiger partial charge >= 0.3 is 0 Å². The third-order valence-electron chi connectivity index (χ3n) is 6.69. The Morgan fingerprint density at radius 2 is 1.96 bits per heavy atom. The normalized spacial score (nSPS) is 44.0. The molecule has 3 nitrogen and oxygen atoms in total. The van der Waals surface area contributed by atoms with Gasteiger partial charge in [0.2, 0.25) is 0 Å². The van der Waals surface area contributed by atoms with Crippen molar-refractivity contribution < 1.29 is 14.3 Å². The van der Waals surface area contributed by atoms with E-state index >= 15 is 0 Å². The van der Waals surface area contributed by atoms with Gasteiger partial charge in [0.25, 0.3) is 0 Å². The molecule has 2 fully saturated rings. The van der Waals surface area contributed by atoms with Crippen LogP contribution < -0.4 is 0 Å². The van der Waals surface area contributed by atoms with E-state index in [1.165, 1.54) is 5.57 Å². The fourth-order valence-corrected chi connectivity index (χ4v) is 5.53. The number of rotatable bonds is 2. The average Bonchev–Trinajstić information content (AvgIpc) is 2.93. The summed E-state index contributed by atoms with van der Waals surface area (Å²) in [6.45, 7) is 8.95. The van der Waals surface area contributed by atoms with E-state index in [4.69, 9.17) is 9.47 Å². The maximum absolute atomic E-state index is 12.9. The summed E-state index contributed by atoms with van der Waals surface area (Å²) in [5.41, 5.74) is 2.41. The molecule has 0 N–H and O–H groups in total. The molecule has 0 saturated heterocycles. The van der Waals surface area contributed by atoms with E-state index in [0.29, 0.717) is 30.0 Å². The molecule has 0 aromatic heterocycles. The van der Waals surface area contributed by atoms with Gasteiger partial charge in [0.05, 0.1) is 13.2 Å². The highest BCUT2D eigenvalue weighted by Gasteiger charge is 2.50. The molecule has 3 heteroatoms. The molecule has 2 saturated carbocycles. The average molecular weight is 332 g/mol. The SMILES string of the molecule is CO/C1=C2\C(=O)CC(C)(C)[C@@H]2C/C=C(\C)C[C@@H]2[C@@H](OC)[C@H](C)C[C@H]12. The van der Waals surface area contributed by atoms with Gasteiger partial charge in [-0.05, 0) is 49.4 Å². The Morgan fingerprint density at radius 3 is 2.58 bits per heavy atom.